The zero-order valence-corrected chi connectivity index (χ0v) is 15.7. The Labute approximate surface area is 168 Å². The molecule has 1 heterocycles. The molecule has 0 unspecified atom stereocenters. The Balaban J connectivity index is 1.59. The lowest BCUT2D eigenvalue weighted by atomic mass is 10.2. The number of para-hydroxylation sites is 1. The van der Waals surface area contributed by atoms with Crippen molar-refractivity contribution in [2.45, 2.75) is 0 Å². The number of fused-ring (bicyclic) bond motifs is 1. The van der Waals surface area contributed by atoms with Gasteiger partial charge in [-0.15, -0.1) is 5.11 Å². The van der Waals surface area contributed by atoms with Crippen LogP contribution in [0.1, 0.15) is 5.56 Å². The lowest BCUT2D eigenvalue weighted by Gasteiger charge is -2.01. The van der Waals surface area contributed by atoms with E-state index in [4.69, 9.17) is 0 Å². The van der Waals surface area contributed by atoms with Crippen molar-refractivity contribution >= 4 is 50.0 Å². The van der Waals surface area contributed by atoms with Crippen LogP contribution >= 0.6 is 11.3 Å². The SMILES string of the molecule is O=[N+]([O-])c1ccc2sc(/N=C/c3cccc(N=Nc4ccccc4)c3O)nc2c1. The number of hydrogen-bond donors (Lipinski definition) is 1. The summed E-state index contributed by atoms with van der Waals surface area (Å²) >= 11 is 1.30. The average Bonchev–Trinajstić information content (AvgIpc) is 3.15. The fourth-order valence-electron chi connectivity index (χ4n) is 2.54. The van der Waals surface area contributed by atoms with Crippen LogP contribution in [0, 0.1) is 10.1 Å². The number of aromatic hydroxyl groups is 1. The van der Waals surface area contributed by atoms with Gasteiger partial charge in [0.25, 0.3) is 5.69 Å². The van der Waals surface area contributed by atoms with Gasteiger partial charge in [-0.05, 0) is 30.3 Å². The molecule has 4 rings (SSSR count). The molecule has 0 amide bonds. The van der Waals surface area contributed by atoms with Gasteiger partial charge in [-0.1, -0.05) is 35.6 Å². The first kappa shape index (κ1) is 18.4. The molecule has 3 aromatic carbocycles. The summed E-state index contributed by atoms with van der Waals surface area (Å²) in [4.78, 5) is 19.0. The molecule has 0 bridgehead atoms. The first-order valence-corrected chi connectivity index (χ1v) is 9.29. The molecule has 29 heavy (non-hydrogen) atoms. The van der Waals surface area contributed by atoms with Gasteiger partial charge in [-0.25, -0.2) is 9.98 Å². The molecule has 0 atom stereocenters. The Hall–Kier alpha value is -3.98. The summed E-state index contributed by atoms with van der Waals surface area (Å²) in [5.74, 6) is -0.0484. The molecule has 4 aromatic rings. The lowest BCUT2D eigenvalue weighted by molar-refractivity contribution is -0.384. The minimum atomic E-state index is -0.463. The minimum absolute atomic E-state index is 0.0209. The van der Waals surface area contributed by atoms with E-state index in [0.29, 0.717) is 27.6 Å². The number of rotatable bonds is 5. The number of nitro groups is 1. The molecular weight excluding hydrogens is 390 g/mol. The van der Waals surface area contributed by atoms with E-state index >= 15 is 0 Å². The monoisotopic (exact) mass is 403 g/mol. The molecule has 0 saturated heterocycles. The third-order valence-corrected chi connectivity index (χ3v) is 4.90. The van der Waals surface area contributed by atoms with Gasteiger partial charge in [0, 0.05) is 23.9 Å². The average molecular weight is 403 g/mol. The Morgan fingerprint density at radius 3 is 2.66 bits per heavy atom. The van der Waals surface area contributed by atoms with Crippen LogP contribution < -0.4 is 0 Å². The number of phenolic OH excluding ortho intramolecular Hbond substituents is 1. The van der Waals surface area contributed by atoms with E-state index in [1.54, 1.807) is 24.3 Å². The summed E-state index contributed by atoms with van der Waals surface area (Å²) in [7, 11) is 0. The topological polar surface area (TPSA) is 113 Å². The highest BCUT2D eigenvalue weighted by Gasteiger charge is 2.10. The molecule has 0 radical (unpaired) electrons. The van der Waals surface area contributed by atoms with Crippen LogP contribution in [0.4, 0.5) is 22.2 Å². The third kappa shape index (κ3) is 4.14. The van der Waals surface area contributed by atoms with Crippen molar-refractivity contribution in [3.8, 4) is 5.75 Å². The summed E-state index contributed by atoms with van der Waals surface area (Å²) in [6.45, 7) is 0. The quantitative estimate of drug-likeness (QED) is 0.188. The fourth-order valence-corrected chi connectivity index (χ4v) is 3.33. The molecule has 1 aromatic heterocycles. The van der Waals surface area contributed by atoms with E-state index in [-0.39, 0.29) is 11.4 Å². The van der Waals surface area contributed by atoms with E-state index in [1.807, 2.05) is 30.3 Å². The molecule has 0 aliphatic heterocycles. The maximum atomic E-state index is 10.9. The summed E-state index contributed by atoms with van der Waals surface area (Å²) < 4.78 is 0.789. The highest BCUT2D eigenvalue weighted by molar-refractivity contribution is 7.22. The number of non-ortho nitro benzene ring substituents is 1. The van der Waals surface area contributed by atoms with E-state index < -0.39 is 4.92 Å². The summed E-state index contributed by atoms with van der Waals surface area (Å²) in [6.07, 6.45) is 1.48. The largest absolute Gasteiger partial charge is 0.505 e. The van der Waals surface area contributed by atoms with Gasteiger partial charge < -0.3 is 5.11 Å². The lowest BCUT2D eigenvalue weighted by Crippen LogP contribution is -1.86. The second-order valence-electron chi connectivity index (χ2n) is 5.91. The fraction of sp³-hybridized carbons (Fsp3) is 0. The molecule has 0 fully saturated rings. The predicted molar refractivity (Wildman–Crippen MR) is 112 cm³/mol. The Bertz CT molecular complexity index is 1250. The number of thiazole rings is 1. The Morgan fingerprint density at radius 2 is 1.86 bits per heavy atom. The van der Waals surface area contributed by atoms with Crippen LogP contribution in [0.3, 0.4) is 0 Å². The Morgan fingerprint density at radius 1 is 1.03 bits per heavy atom. The summed E-state index contributed by atoms with van der Waals surface area (Å²) in [5, 5.41) is 29.9. The number of phenols is 1. The van der Waals surface area contributed by atoms with Crippen molar-refractivity contribution in [2.75, 3.05) is 0 Å². The van der Waals surface area contributed by atoms with Crippen LogP contribution in [0.5, 0.6) is 5.75 Å². The van der Waals surface area contributed by atoms with Crippen LogP contribution in [0.25, 0.3) is 10.2 Å². The highest BCUT2D eigenvalue weighted by Crippen LogP contribution is 2.33. The van der Waals surface area contributed by atoms with Crippen LogP contribution in [0.2, 0.25) is 0 Å². The summed E-state index contributed by atoms with van der Waals surface area (Å²) in [6, 6.07) is 18.8. The zero-order valence-electron chi connectivity index (χ0n) is 14.8. The van der Waals surface area contributed by atoms with Gasteiger partial charge in [0.1, 0.15) is 5.69 Å². The van der Waals surface area contributed by atoms with Gasteiger partial charge in [0.05, 0.1) is 20.8 Å². The molecule has 8 nitrogen and oxygen atoms in total. The van der Waals surface area contributed by atoms with Gasteiger partial charge in [0.15, 0.2) is 5.75 Å². The number of aliphatic imine (C=N–C) groups is 1. The molecular formula is C20H13N5O3S. The molecule has 0 spiro atoms. The Kier molecular flexibility index (Phi) is 5.04. The van der Waals surface area contributed by atoms with Crippen LogP contribution in [0.15, 0.2) is 82.0 Å². The van der Waals surface area contributed by atoms with Crippen molar-refractivity contribution < 1.29 is 10.0 Å². The van der Waals surface area contributed by atoms with Gasteiger partial charge in [-0.2, -0.15) is 5.11 Å². The second kappa shape index (κ2) is 7.95. The normalized spacial score (nSPS) is 11.6. The predicted octanol–water partition coefficient (Wildman–Crippen LogP) is 6.08. The number of aromatic nitrogens is 1. The number of hydrogen-bond acceptors (Lipinski definition) is 8. The first-order valence-electron chi connectivity index (χ1n) is 8.48. The second-order valence-corrected chi connectivity index (χ2v) is 6.92. The van der Waals surface area contributed by atoms with E-state index in [9.17, 15) is 15.2 Å². The minimum Gasteiger partial charge on any atom is -0.505 e. The van der Waals surface area contributed by atoms with E-state index in [0.717, 1.165) is 4.70 Å². The van der Waals surface area contributed by atoms with Crippen molar-refractivity contribution in [2.24, 2.45) is 15.2 Å². The van der Waals surface area contributed by atoms with Crippen molar-refractivity contribution in [3.63, 3.8) is 0 Å². The molecule has 1 N–H and O–H groups in total. The highest BCUT2D eigenvalue weighted by atomic mass is 32.1. The molecule has 142 valence electrons. The number of azo groups is 1. The van der Waals surface area contributed by atoms with Gasteiger partial charge >= 0.3 is 0 Å². The van der Waals surface area contributed by atoms with Crippen molar-refractivity contribution in [3.05, 3.63) is 82.4 Å². The maximum Gasteiger partial charge on any atom is 0.271 e. The van der Waals surface area contributed by atoms with Gasteiger partial charge in [0.2, 0.25) is 5.13 Å². The standard InChI is InChI=1S/C20H13N5O3S/c26-19-13(5-4-8-16(19)24-23-14-6-2-1-3-7-14)12-21-20-22-17-11-15(25(27)28)9-10-18(17)29-20/h1-12,26H/b21-12+,24-23?. The van der Waals surface area contributed by atoms with Crippen LogP contribution in [-0.2, 0) is 0 Å². The van der Waals surface area contributed by atoms with Crippen molar-refractivity contribution in [1.29, 1.82) is 0 Å². The van der Waals surface area contributed by atoms with Crippen molar-refractivity contribution in [1.82, 2.24) is 4.98 Å². The first-order chi connectivity index (χ1) is 14.1. The molecule has 9 heteroatoms. The molecule has 0 saturated carbocycles. The van der Waals surface area contributed by atoms with E-state index in [2.05, 4.69) is 20.2 Å². The van der Waals surface area contributed by atoms with Gasteiger partial charge in [-0.3, -0.25) is 10.1 Å². The molecule has 0 aliphatic rings. The van der Waals surface area contributed by atoms with E-state index in [1.165, 1.54) is 29.7 Å². The smallest absolute Gasteiger partial charge is 0.271 e. The molecule has 0 aliphatic carbocycles. The van der Waals surface area contributed by atoms with Crippen LogP contribution in [-0.4, -0.2) is 21.2 Å². The summed E-state index contributed by atoms with van der Waals surface area (Å²) in [5.41, 5.74) is 1.94. The maximum absolute atomic E-state index is 10.9. The third-order valence-electron chi connectivity index (χ3n) is 3.96. The number of nitrogens with zero attached hydrogens (tertiary/aromatic N) is 5. The number of nitro benzene ring substituents is 1. The zero-order chi connectivity index (χ0) is 20.2. The number of benzene rings is 3.